The van der Waals surface area contributed by atoms with Gasteiger partial charge in [-0.25, -0.2) is 0 Å². The van der Waals surface area contributed by atoms with Crippen LogP contribution in [0.1, 0.15) is 22.7 Å². The topological polar surface area (TPSA) is 41.6 Å². The first-order chi connectivity index (χ1) is 10.9. The second-order valence-corrected chi connectivity index (χ2v) is 5.26. The Hall–Kier alpha value is -2.94. The van der Waals surface area contributed by atoms with Gasteiger partial charge >= 0.3 is 0 Å². The van der Waals surface area contributed by atoms with Crippen LogP contribution in [0.25, 0.3) is 10.9 Å². The van der Waals surface area contributed by atoms with Crippen molar-refractivity contribution in [3.8, 4) is 0 Å². The number of nitrogens with one attached hydrogen (secondary N) is 1. The molecule has 4 rings (SSSR count). The molecule has 1 atom stereocenters. The maximum atomic E-state index is 4.48. The zero-order valence-corrected chi connectivity index (χ0v) is 12.0. The van der Waals surface area contributed by atoms with Gasteiger partial charge in [0.2, 0.25) is 0 Å². The third-order valence-corrected chi connectivity index (χ3v) is 3.96. The van der Waals surface area contributed by atoms with E-state index in [0.717, 1.165) is 5.52 Å². The lowest BCUT2D eigenvalue weighted by atomic mass is 9.87. The summed E-state index contributed by atoms with van der Waals surface area (Å²) in [6, 6.07) is 18.7. The van der Waals surface area contributed by atoms with E-state index in [0.29, 0.717) is 0 Å². The van der Waals surface area contributed by atoms with Crippen LogP contribution in [0, 0.1) is 0 Å². The van der Waals surface area contributed by atoms with E-state index in [1.54, 1.807) is 0 Å². The Morgan fingerprint density at radius 2 is 1.73 bits per heavy atom. The standard InChI is InChI=1S/C19H15N3/c1-4-16(15-5-2-10-21-17(15)6-1)19(18-7-3-11-22-18)14-8-12-20-13-9-14/h1-13,19,22H. The van der Waals surface area contributed by atoms with Gasteiger partial charge in [-0.05, 0) is 47.5 Å². The molecule has 0 radical (unpaired) electrons. The van der Waals surface area contributed by atoms with Crippen molar-refractivity contribution in [2.45, 2.75) is 5.92 Å². The fraction of sp³-hybridized carbons (Fsp3) is 0.0526. The van der Waals surface area contributed by atoms with Gasteiger partial charge in [0.25, 0.3) is 0 Å². The molecule has 3 aromatic heterocycles. The SMILES string of the molecule is c1c[nH]c(C(c2ccncc2)c2cccc3ncccc23)c1. The number of benzene rings is 1. The smallest absolute Gasteiger partial charge is 0.0705 e. The van der Waals surface area contributed by atoms with Crippen LogP contribution in [0.5, 0.6) is 0 Å². The molecular formula is C19H15N3. The van der Waals surface area contributed by atoms with E-state index in [9.17, 15) is 0 Å². The molecule has 106 valence electrons. The lowest BCUT2D eigenvalue weighted by molar-refractivity contribution is 0.937. The second-order valence-electron chi connectivity index (χ2n) is 5.26. The first-order valence-corrected chi connectivity index (χ1v) is 7.30. The van der Waals surface area contributed by atoms with Gasteiger partial charge in [0, 0.05) is 41.8 Å². The third-order valence-electron chi connectivity index (χ3n) is 3.96. The molecule has 0 amide bonds. The maximum absolute atomic E-state index is 4.48. The molecule has 0 spiro atoms. The summed E-state index contributed by atoms with van der Waals surface area (Å²) in [6.45, 7) is 0. The fourth-order valence-electron chi connectivity index (χ4n) is 2.99. The molecule has 3 nitrogen and oxygen atoms in total. The van der Waals surface area contributed by atoms with Gasteiger partial charge in [-0.3, -0.25) is 9.97 Å². The number of hydrogen-bond acceptors (Lipinski definition) is 2. The zero-order valence-electron chi connectivity index (χ0n) is 12.0. The summed E-state index contributed by atoms with van der Waals surface area (Å²) in [4.78, 5) is 12.0. The number of rotatable bonds is 3. The quantitative estimate of drug-likeness (QED) is 0.614. The molecule has 0 saturated carbocycles. The van der Waals surface area contributed by atoms with E-state index >= 15 is 0 Å². The highest BCUT2D eigenvalue weighted by Crippen LogP contribution is 2.34. The summed E-state index contributed by atoms with van der Waals surface area (Å²) in [6.07, 6.45) is 7.48. The number of fused-ring (bicyclic) bond motifs is 1. The molecule has 3 heterocycles. The van der Waals surface area contributed by atoms with Gasteiger partial charge in [0.05, 0.1) is 5.52 Å². The molecule has 4 aromatic rings. The van der Waals surface area contributed by atoms with Crippen LogP contribution < -0.4 is 0 Å². The first kappa shape index (κ1) is 12.8. The van der Waals surface area contributed by atoms with Crippen molar-refractivity contribution >= 4 is 10.9 Å². The van der Waals surface area contributed by atoms with E-state index in [4.69, 9.17) is 0 Å². The van der Waals surface area contributed by atoms with Crippen molar-refractivity contribution < 1.29 is 0 Å². The predicted octanol–water partition coefficient (Wildman–Crippen LogP) is 4.14. The second kappa shape index (κ2) is 5.45. The largest absolute Gasteiger partial charge is 0.364 e. The van der Waals surface area contributed by atoms with E-state index in [1.165, 1.54) is 22.2 Å². The first-order valence-electron chi connectivity index (χ1n) is 7.30. The molecular weight excluding hydrogens is 270 g/mol. The summed E-state index contributed by atoms with van der Waals surface area (Å²) >= 11 is 0. The highest BCUT2D eigenvalue weighted by atomic mass is 14.7. The Bertz CT molecular complexity index is 878. The van der Waals surface area contributed by atoms with Crippen LogP contribution in [-0.4, -0.2) is 15.0 Å². The minimum atomic E-state index is 0.144. The predicted molar refractivity (Wildman–Crippen MR) is 87.7 cm³/mol. The molecule has 0 aliphatic rings. The number of aromatic nitrogens is 3. The molecule has 1 aromatic carbocycles. The summed E-state index contributed by atoms with van der Waals surface area (Å²) in [5.41, 5.74) is 4.65. The summed E-state index contributed by atoms with van der Waals surface area (Å²) in [7, 11) is 0. The van der Waals surface area contributed by atoms with E-state index in [1.807, 2.05) is 36.9 Å². The van der Waals surface area contributed by atoms with Crippen LogP contribution >= 0.6 is 0 Å². The molecule has 0 bridgehead atoms. The molecule has 3 heteroatoms. The fourth-order valence-corrected chi connectivity index (χ4v) is 2.99. The summed E-state index contributed by atoms with van der Waals surface area (Å²) in [5, 5.41) is 1.18. The van der Waals surface area contributed by atoms with Crippen LogP contribution in [0.3, 0.4) is 0 Å². The van der Waals surface area contributed by atoms with Gasteiger partial charge < -0.3 is 4.98 Å². The normalized spacial score (nSPS) is 12.4. The van der Waals surface area contributed by atoms with Crippen molar-refractivity contribution in [3.05, 3.63) is 96.2 Å². The highest BCUT2D eigenvalue weighted by Gasteiger charge is 2.19. The molecule has 1 N–H and O–H groups in total. The number of pyridine rings is 2. The molecule has 0 aliphatic carbocycles. The van der Waals surface area contributed by atoms with Crippen molar-refractivity contribution in [2.24, 2.45) is 0 Å². The molecule has 22 heavy (non-hydrogen) atoms. The average Bonchev–Trinajstić information content (AvgIpc) is 3.11. The molecule has 0 fully saturated rings. The van der Waals surface area contributed by atoms with Gasteiger partial charge in [0.1, 0.15) is 0 Å². The van der Waals surface area contributed by atoms with Gasteiger partial charge in [-0.2, -0.15) is 0 Å². The Morgan fingerprint density at radius 1 is 0.818 bits per heavy atom. The Morgan fingerprint density at radius 3 is 2.55 bits per heavy atom. The summed E-state index contributed by atoms with van der Waals surface area (Å²) < 4.78 is 0. The number of H-pyrrole nitrogens is 1. The maximum Gasteiger partial charge on any atom is 0.0705 e. The van der Waals surface area contributed by atoms with E-state index in [2.05, 4.69) is 57.4 Å². The van der Waals surface area contributed by atoms with Crippen LogP contribution in [-0.2, 0) is 0 Å². The Kier molecular flexibility index (Phi) is 3.16. The zero-order chi connectivity index (χ0) is 14.8. The van der Waals surface area contributed by atoms with Gasteiger partial charge in [0.15, 0.2) is 0 Å². The highest BCUT2D eigenvalue weighted by molar-refractivity contribution is 5.83. The van der Waals surface area contributed by atoms with Crippen molar-refractivity contribution in [1.29, 1.82) is 0 Å². The Labute approximate surface area is 128 Å². The van der Waals surface area contributed by atoms with Crippen LogP contribution in [0.15, 0.2) is 79.4 Å². The van der Waals surface area contributed by atoms with Crippen molar-refractivity contribution in [3.63, 3.8) is 0 Å². The molecule has 0 saturated heterocycles. The number of nitrogens with zero attached hydrogens (tertiary/aromatic N) is 2. The Balaban J connectivity index is 1.98. The van der Waals surface area contributed by atoms with Gasteiger partial charge in [-0.15, -0.1) is 0 Å². The average molecular weight is 285 g/mol. The van der Waals surface area contributed by atoms with Crippen molar-refractivity contribution in [2.75, 3.05) is 0 Å². The monoisotopic (exact) mass is 285 g/mol. The van der Waals surface area contributed by atoms with Crippen LogP contribution in [0.2, 0.25) is 0 Å². The molecule has 1 unspecified atom stereocenters. The number of hydrogen-bond donors (Lipinski definition) is 1. The van der Waals surface area contributed by atoms with Gasteiger partial charge in [-0.1, -0.05) is 18.2 Å². The molecule has 0 aliphatic heterocycles. The van der Waals surface area contributed by atoms with E-state index in [-0.39, 0.29) is 5.92 Å². The van der Waals surface area contributed by atoms with Crippen molar-refractivity contribution in [1.82, 2.24) is 15.0 Å². The number of aromatic amines is 1. The minimum Gasteiger partial charge on any atom is -0.364 e. The minimum absolute atomic E-state index is 0.144. The summed E-state index contributed by atoms with van der Waals surface area (Å²) in [5.74, 6) is 0.144. The van der Waals surface area contributed by atoms with Crippen LogP contribution in [0.4, 0.5) is 0 Å². The van der Waals surface area contributed by atoms with E-state index < -0.39 is 0 Å². The lowest BCUT2D eigenvalue weighted by Gasteiger charge is -2.18. The third kappa shape index (κ3) is 2.17. The lowest BCUT2D eigenvalue weighted by Crippen LogP contribution is -2.05.